The molecule has 0 bridgehead atoms. The molecule has 1 saturated heterocycles. The van der Waals surface area contributed by atoms with E-state index in [4.69, 9.17) is 4.42 Å². The van der Waals surface area contributed by atoms with E-state index in [9.17, 15) is 13.2 Å². The molecule has 0 amide bonds. The van der Waals surface area contributed by atoms with Crippen molar-refractivity contribution < 1.29 is 17.6 Å². The van der Waals surface area contributed by atoms with E-state index in [1.807, 2.05) is 18.2 Å². The number of rotatable bonds is 1. The first-order valence-electron chi connectivity index (χ1n) is 6.21. The average Bonchev–Trinajstić information content (AvgIpc) is 2.81. The van der Waals surface area contributed by atoms with E-state index < -0.39 is 12.1 Å². The minimum atomic E-state index is -4.09. The Kier molecular flexibility index (Phi) is 2.88. The molecule has 0 radical (unpaired) electrons. The minimum Gasteiger partial charge on any atom is -0.423 e. The third kappa shape index (κ3) is 2.39. The first kappa shape index (κ1) is 12.3. The maximum absolute atomic E-state index is 12.6. The second kappa shape index (κ2) is 4.43. The molecule has 0 atom stereocenters. The number of fused-ring (bicyclic) bond motifs is 1. The number of hydrogen-bond acceptors (Lipinski definition) is 3. The van der Waals surface area contributed by atoms with E-state index in [0.717, 1.165) is 5.52 Å². The quantitative estimate of drug-likeness (QED) is 0.792. The molecule has 3 rings (SSSR count). The number of alkyl halides is 3. The van der Waals surface area contributed by atoms with Gasteiger partial charge in [-0.05, 0) is 25.0 Å². The number of para-hydroxylation sites is 2. The Hall–Kier alpha value is -1.72. The smallest absolute Gasteiger partial charge is 0.391 e. The van der Waals surface area contributed by atoms with Gasteiger partial charge in [0.25, 0.3) is 6.01 Å². The van der Waals surface area contributed by atoms with Crippen molar-refractivity contribution in [1.82, 2.24) is 4.98 Å². The van der Waals surface area contributed by atoms with Crippen molar-refractivity contribution in [2.75, 3.05) is 18.0 Å². The molecule has 2 aromatic rings. The van der Waals surface area contributed by atoms with Crippen LogP contribution >= 0.6 is 0 Å². The number of oxazole rings is 1. The number of hydrogen-bond donors (Lipinski definition) is 0. The highest BCUT2D eigenvalue weighted by molar-refractivity contribution is 5.74. The van der Waals surface area contributed by atoms with Crippen molar-refractivity contribution >= 4 is 17.1 Å². The van der Waals surface area contributed by atoms with Crippen molar-refractivity contribution in [3.8, 4) is 0 Å². The van der Waals surface area contributed by atoms with Gasteiger partial charge in [0.15, 0.2) is 5.58 Å². The molecule has 0 aliphatic carbocycles. The lowest BCUT2D eigenvalue weighted by atomic mass is 9.97. The molecule has 3 nitrogen and oxygen atoms in total. The lowest BCUT2D eigenvalue weighted by Crippen LogP contribution is -2.39. The summed E-state index contributed by atoms with van der Waals surface area (Å²) in [5.74, 6) is -1.20. The van der Waals surface area contributed by atoms with E-state index >= 15 is 0 Å². The molecule has 0 spiro atoms. The molecule has 1 aromatic heterocycles. The van der Waals surface area contributed by atoms with Crippen LogP contribution < -0.4 is 4.90 Å². The van der Waals surface area contributed by atoms with Gasteiger partial charge >= 0.3 is 6.18 Å². The zero-order valence-corrected chi connectivity index (χ0v) is 10.2. The third-order valence-electron chi connectivity index (χ3n) is 3.51. The summed E-state index contributed by atoms with van der Waals surface area (Å²) in [6, 6.07) is 7.73. The summed E-state index contributed by atoms with van der Waals surface area (Å²) in [4.78, 5) is 6.08. The van der Waals surface area contributed by atoms with Crippen LogP contribution in [-0.2, 0) is 0 Å². The van der Waals surface area contributed by atoms with E-state index in [1.54, 1.807) is 11.0 Å². The highest BCUT2D eigenvalue weighted by atomic mass is 19.4. The van der Waals surface area contributed by atoms with E-state index in [0.29, 0.717) is 24.7 Å². The third-order valence-corrected chi connectivity index (χ3v) is 3.51. The molecule has 1 aromatic carbocycles. The summed E-state index contributed by atoms with van der Waals surface area (Å²) in [7, 11) is 0. The van der Waals surface area contributed by atoms with Crippen LogP contribution in [0.25, 0.3) is 11.1 Å². The summed E-state index contributed by atoms with van der Waals surface area (Å²) in [5, 5.41) is 0. The molecular weight excluding hydrogens is 257 g/mol. The summed E-state index contributed by atoms with van der Waals surface area (Å²) in [6.45, 7) is 0.661. The second-order valence-electron chi connectivity index (χ2n) is 4.77. The molecule has 19 heavy (non-hydrogen) atoms. The molecule has 6 heteroatoms. The predicted octanol–water partition coefficient (Wildman–Crippen LogP) is 3.61. The molecule has 0 saturated carbocycles. The first-order chi connectivity index (χ1) is 9.04. The van der Waals surface area contributed by atoms with Crippen LogP contribution in [0.4, 0.5) is 19.2 Å². The molecular formula is C13H13F3N2O. The van der Waals surface area contributed by atoms with E-state index in [2.05, 4.69) is 4.98 Å². The molecule has 1 fully saturated rings. The number of benzene rings is 1. The van der Waals surface area contributed by atoms with Gasteiger partial charge < -0.3 is 9.32 Å². The van der Waals surface area contributed by atoms with Gasteiger partial charge in [0.2, 0.25) is 0 Å². The van der Waals surface area contributed by atoms with Gasteiger partial charge in [0.1, 0.15) is 5.52 Å². The Morgan fingerprint density at radius 3 is 2.47 bits per heavy atom. The first-order valence-corrected chi connectivity index (χ1v) is 6.21. The highest BCUT2D eigenvalue weighted by Crippen LogP contribution is 2.35. The van der Waals surface area contributed by atoms with Crippen LogP contribution in [0.2, 0.25) is 0 Å². The SMILES string of the molecule is FC(F)(F)C1CCN(c2nc3ccccc3o2)CC1. The number of piperidine rings is 1. The maximum atomic E-state index is 12.6. The van der Waals surface area contributed by atoms with Crippen molar-refractivity contribution in [3.63, 3.8) is 0 Å². The monoisotopic (exact) mass is 270 g/mol. The molecule has 2 heterocycles. The summed E-state index contributed by atoms with van der Waals surface area (Å²) >= 11 is 0. The fraction of sp³-hybridized carbons (Fsp3) is 0.462. The Balaban J connectivity index is 1.74. The summed E-state index contributed by atoms with van der Waals surface area (Å²) in [5.41, 5.74) is 1.39. The van der Waals surface area contributed by atoms with E-state index in [-0.39, 0.29) is 12.8 Å². The predicted molar refractivity (Wildman–Crippen MR) is 65.0 cm³/mol. The molecule has 0 N–H and O–H groups in total. The lowest BCUT2D eigenvalue weighted by molar-refractivity contribution is -0.179. The zero-order valence-electron chi connectivity index (χ0n) is 10.2. The lowest BCUT2D eigenvalue weighted by Gasteiger charge is -2.31. The van der Waals surface area contributed by atoms with E-state index in [1.165, 1.54) is 0 Å². The summed E-state index contributed by atoms with van der Waals surface area (Å²) < 4.78 is 43.3. The molecule has 1 aliphatic heterocycles. The maximum Gasteiger partial charge on any atom is 0.391 e. The van der Waals surface area contributed by atoms with Crippen LogP contribution in [-0.4, -0.2) is 24.2 Å². The van der Waals surface area contributed by atoms with Gasteiger partial charge in [-0.2, -0.15) is 18.2 Å². The number of aromatic nitrogens is 1. The Morgan fingerprint density at radius 2 is 1.84 bits per heavy atom. The number of halogens is 3. The van der Waals surface area contributed by atoms with Crippen LogP contribution in [0.15, 0.2) is 28.7 Å². The topological polar surface area (TPSA) is 29.3 Å². The van der Waals surface area contributed by atoms with Crippen molar-refractivity contribution in [2.45, 2.75) is 19.0 Å². The summed E-state index contributed by atoms with van der Waals surface area (Å²) in [6.07, 6.45) is -3.89. The Bertz CT molecular complexity index is 538. The number of anilines is 1. The fourth-order valence-electron chi connectivity index (χ4n) is 2.39. The zero-order chi connectivity index (χ0) is 13.5. The molecule has 0 unspecified atom stereocenters. The average molecular weight is 270 g/mol. The Morgan fingerprint density at radius 1 is 1.16 bits per heavy atom. The Labute approximate surface area is 108 Å². The van der Waals surface area contributed by atoms with Crippen molar-refractivity contribution in [2.24, 2.45) is 5.92 Å². The van der Waals surface area contributed by atoms with Gasteiger partial charge in [-0.25, -0.2) is 0 Å². The molecule has 102 valence electrons. The van der Waals surface area contributed by atoms with Crippen molar-refractivity contribution in [3.05, 3.63) is 24.3 Å². The van der Waals surface area contributed by atoms with Crippen molar-refractivity contribution in [1.29, 1.82) is 0 Å². The van der Waals surface area contributed by atoms with Gasteiger partial charge in [0.05, 0.1) is 5.92 Å². The molecule has 1 aliphatic rings. The van der Waals surface area contributed by atoms with Crippen LogP contribution in [0.3, 0.4) is 0 Å². The minimum absolute atomic E-state index is 0.0994. The van der Waals surface area contributed by atoms with Gasteiger partial charge in [-0.1, -0.05) is 12.1 Å². The number of nitrogens with zero attached hydrogens (tertiary/aromatic N) is 2. The fourth-order valence-corrected chi connectivity index (χ4v) is 2.39. The standard InChI is InChI=1S/C13H13F3N2O/c14-13(15,16)9-5-7-18(8-6-9)12-17-10-3-1-2-4-11(10)19-12/h1-4,9H,5-8H2. The highest BCUT2D eigenvalue weighted by Gasteiger charge is 2.41. The van der Waals surface area contributed by atoms with Gasteiger partial charge in [0, 0.05) is 13.1 Å². The normalized spacial score (nSPS) is 18.2. The van der Waals surface area contributed by atoms with Crippen LogP contribution in [0.5, 0.6) is 0 Å². The van der Waals surface area contributed by atoms with Gasteiger partial charge in [-0.15, -0.1) is 0 Å². The largest absolute Gasteiger partial charge is 0.423 e. The van der Waals surface area contributed by atoms with Gasteiger partial charge in [-0.3, -0.25) is 0 Å². The van der Waals surface area contributed by atoms with Crippen LogP contribution in [0.1, 0.15) is 12.8 Å². The van der Waals surface area contributed by atoms with Crippen LogP contribution in [0, 0.1) is 5.92 Å². The second-order valence-corrected chi connectivity index (χ2v) is 4.77.